The van der Waals surface area contributed by atoms with Gasteiger partial charge in [0.05, 0.1) is 0 Å². The van der Waals surface area contributed by atoms with Crippen molar-refractivity contribution < 1.29 is 22.7 Å². The van der Waals surface area contributed by atoms with E-state index >= 15 is 0 Å². The zero-order chi connectivity index (χ0) is 23.0. The number of piperidine rings is 2. The van der Waals surface area contributed by atoms with E-state index in [0.29, 0.717) is 12.6 Å². The van der Waals surface area contributed by atoms with Crippen molar-refractivity contribution >= 4 is 11.7 Å². The zero-order valence-electron chi connectivity index (χ0n) is 18.8. The Kier molecular flexibility index (Phi) is 8.90. The molecule has 180 valence electrons. The van der Waals surface area contributed by atoms with Gasteiger partial charge in [0, 0.05) is 37.4 Å². The summed E-state index contributed by atoms with van der Waals surface area (Å²) in [5, 5.41) is 6.00. The maximum absolute atomic E-state index is 12.3. The van der Waals surface area contributed by atoms with Crippen molar-refractivity contribution in [2.45, 2.75) is 70.3 Å². The third-order valence-electron chi connectivity index (χ3n) is 6.36. The summed E-state index contributed by atoms with van der Waals surface area (Å²) in [7, 11) is 0. The number of urea groups is 1. The lowest BCUT2D eigenvalue weighted by Crippen LogP contribution is -2.48. The topological polar surface area (TPSA) is 56.8 Å². The van der Waals surface area contributed by atoms with Crippen LogP contribution in [0.3, 0.4) is 0 Å². The van der Waals surface area contributed by atoms with E-state index in [2.05, 4.69) is 32.1 Å². The number of hydrogen-bond donors (Lipinski definition) is 2. The Balaban J connectivity index is 1.28. The third-order valence-corrected chi connectivity index (χ3v) is 6.36. The SMILES string of the molecule is C[C@H]1CCCCN1CCCCNC(=O)NC1CCN(c2ccc(OC(F)(F)F)cc2)CC1. The van der Waals surface area contributed by atoms with Crippen molar-refractivity contribution in [2.24, 2.45) is 0 Å². The van der Waals surface area contributed by atoms with Gasteiger partial charge in [0.2, 0.25) is 0 Å². The van der Waals surface area contributed by atoms with Gasteiger partial charge in [-0.15, -0.1) is 13.2 Å². The molecule has 2 fully saturated rings. The molecular formula is C23H35F3N4O2. The number of rotatable bonds is 8. The van der Waals surface area contributed by atoms with Gasteiger partial charge in [0.1, 0.15) is 5.75 Å². The summed E-state index contributed by atoms with van der Waals surface area (Å²) in [6.45, 7) is 6.75. The number of anilines is 1. The number of ether oxygens (including phenoxy) is 1. The number of halogens is 3. The fraction of sp³-hybridized carbons (Fsp3) is 0.696. The Hall–Kier alpha value is -2.16. The van der Waals surface area contributed by atoms with Gasteiger partial charge < -0.3 is 25.2 Å². The highest BCUT2D eigenvalue weighted by Crippen LogP contribution is 2.26. The number of unbranched alkanes of at least 4 members (excludes halogenated alkanes) is 1. The second kappa shape index (κ2) is 11.6. The molecule has 3 rings (SSSR count). The smallest absolute Gasteiger partial charge is 0.406 e. The number of nitrogens with zero attached hydrogens (tertiary/aromatic N) is 2. The highest BCUT2D eigenvalue weighted by atomic mass is 19.4. The summed E-state index contributed by atoms with van der Waals surface area (Å²) in [5.41, 5.74) is 0.852. The second-order valence-corrected chi connectivity index (χ2v) is 8.79. The number of amides is 2. The Bertz CT molecular complexity index is 706. The van der Waals surface area contributed by atoms with Crippen molar-refractivity contribution in [1.29, 1.82) is 0 Å². The van der Waals surface area contributed by atoms with Crippen LogP contribution in [0, 0.1) is 0 Å². The molecule has 2 N–H and O–H groups in total. The van der Waals surface area contributed by atoms with Crippen LogP contribution in [-0.2, 0) is 0 Å². The van der Waals surface area contributed by atoms with Gasteiger partial charge in [0.15, 0.2) is 0 Å². The molecule has 2 aliphatic rings. The Morgan fingerprint density at radius 1 is 1.06 bits per heavy atom. The highest BCUT2D eigenvalue weighted by molar-refractivity contribution is 5.74. The summed E-state index contributed by atoms with van der Waals surface area (Å²) in [6.07, 6.45) is 2.89. The molecule has 32 heavy (non-hydrogen) atoms. The second-order valence-electron chi connectivity index (χ2n) is 8.79. The summed E-state index contributed by atoms with van der Waals surface area (Å²) in [4.78, 5) is 16.8. The standard InChI is InChI=1S/C23H35F3N4O2/c1-18-6-2-4-14-29(18)15-5-3-13-27-22(31)28-19-11-16-30(17-12-19)20-7-9-21(10-8-20)32-23(24,25)26/h7-10,18-19H,2-6,11-17H2,1H3,(H2,27,28,31)/t18-/m0/s1. The van der Waals surface area contributed by atoms with Crippen molar-refractivity contribution in [3.8, 4) is 5.75 Å². The highest BCUT2D eigenvalue weighted by Gasteiger charge is 2.31. The van der Waals surface area contributed by atoms with E-state index in [1.807, 2.05) is 0 Å². The van der Waals surface area contributed by atoms with Crippen molar-refractivity contribution in [1.82, 2.24) is 15.5 Å². The number of nitrogens with one attached hydrogen (secondary N) is 2. The molecule has 0 aromatic heterocycles. The average Bonchev–Trinajstić information content (AvgIpc) is 2.75. The number of carbonyl (C=O) groups excluding carboxylic acids is 1. The van der Waals surface area contributed by atoms with E-state index in [0.717, 1.165) is 51.0 Å². The molecule has 1 aromatic rings. The van der Waals surface area contributed by atoms with Gasteiger partial charge >= 0.3 is 12.4 Å². The van der Waals surface area contributed by atoms with Gasteiger partial charge in [-0.1, -0.05) is 6.42 Å². The minimum Gasteiger partial charge on any atom is -0.406 e. The molecule has 2 amide bonds. The minimum absolute atomic E-state index is 0.105. The molecule has 0 bridgehead atoms. The number of alkyl halides is 3. The Morgan fingerprint density at radius 2 is 1.78 bits per heavy atom. The number of benzene rings is 1. The number of likely N-dealkylation sites (tertiary alicyclic amines) is 1. The maximum atomic E-state index is 12.3. The maximum Gasteiger partial charge on any atom is 0.573 e. The molecule has 0 radical (unpaired) electrons. The van der Waals surface area contributed by atoms with Crippen LogP contribution in [0.2, 0.25) is 0 Å². The molecule has 1 atom stereocenters. The van der Waals surface area contributed by atoms with Crippen LogP contribution in [0.5, 0.6) is 5.75 Å². The molecule has 2 heterocycles. The Morgan fingerprint density at radius 3 is 2.44 bits per heavy atom. The van der Waals surface area contributed by atoms with Gasteiger partial charge in [-0.05, 0) is 82.8 Å². The summed E-state index contributed by atoms with van der Waals surface area (Å²) >= 11 is 0. The minimum atomic E-state index is -4.68. The van der Waals surface area contributed by atoms with Gasteiger partial charge in [-0.25, -0.2) is 4.79 Å². The third kappa shape index (κ3) is 8.07. The predicted molar refractivity (Wildman–Crippen MR) is 119 cm³/mol. The molecule has 2 aliphatic heterocycles. The first-order valence-electron chi connectivity index (χ1n) is 11.7. The number of hydrogen-bond acceptors (Lipinski definition) is 4. The van der Waals surface area contributed by atoms with Gasteiger partial charge in [-0.3, -0.25) is 0 Å². The van der Waals surface area contributed by atoms with E-state index in [9.17, 15) is 18.0 Å². The molecule has 9 heteroatoms. The number of carbonyl (C=O) groups is 1. The molecule has 0 unspecified atom stereocenters. The summed E-state index contributed by atoms with van der Waals surface area (Å²) < 4.78 is 40.7. The molecular weight excluding hydrogens is 421 g/mol. The predicted octanol–water partition coefficient (Wildman–Crippen LogP) is 4.51. The quantitative estimate of drug-likeness (QED) is 0.566. The van der Waals surface area contributed by atoms with E-state index < -0.39 is 6.36 Å². The normalized spacial score (nSPS) is 20.8. The van der Waals surface area contributed by atoms with Crippen molar-refractivity contribution in [2.75, 3.05) is 37.6 Å². The van der Waals surface area contributed by atoms with Crippen molar-refractivity contribution in [3.63, 3.8) is 0 Å². The van der Waals surface area contributed by atoms with Crippen LogP contribution in [0.1, 0.15) is 51.9 Å². The van der Waals surface area contributed by atoms with E-state index in [1.165, 1.54) is 37.9 Å². The van der Waals surface area contributed by atoms with Crippen LogP contribution in [-0.4, -0.2) is 62.1 Å². The Labute approximate surface area is 188 Å². The van der Waals surface area contributed by atoms with Gasteiger partial charge in [-0.2, -0.15) is 0 Å². The zero-order valence-corrected chi connectivity index (χ0v) is 18.8. The fourth-order valence-corrected chi connectivity index (χ4v) is 4.51. The molecule has 0 spiro atoms. The van der Waals surface area contributed by atoms with E-state index in [-0.39, 0.29) is 17.8 Å². The van der Waals surface area contributed by atoms with Crippen LogP contribution in [0.25, 0.3) is 0 Å². The molecule has 2 saturated heterocycles. The lowest BCUT2D eigenvalue weighted by atomic mass is 10.0. The first kappa shape index (κ1) is 24.5. The molecule has 1 aromatic carbocycles. The molecule has 6 nitrogen and oxygen atoms in total. The summed E-state index contributed by atoms with van der Waals surface area (Å²) in [6, 6.07) is 6.58. The van der Waals surface area contributed by atoms with Crippen LogP contribution < -0.4 is 20.3 Å². The van der Waals surface area contributed by atoms with Crippen LogP contribution in [0.4, 0.5) is 23.7 Å². The lowest BCUT2D eigenvalue weighted by Gasteiger charge is -2.34. The largest absolute Gasteiger partial charge is 0.573 e. The van der Waals surface area contributed by atoms with Crippen molar-refractivity contribution in [3.05, 3.63) is 24.3 Å². The van der Waals surface area contributed by atoms with Crippen LogP contribution >= 0.6 is 0 Å². The fourth-order valence-electron chi connectivity index (χ4n) is 4.51. The van der Waals surface area contributed by atoms with E-state index in [1.54, 1.807) is 12.1 Å². The lowest BCUT2D eigenvalue weighted by molar-refractivity contribution is -0.274. The average molecular weight is 457 g/mol. The van der Waals surface area contributed by atoms with E-state index in [4.69, 9.17) is 0 Å². The first-order valence-corrected chi connectivity index (χ1v) is 11.7. The van der Waals surface area contributed by atoms with Gasteiger partial charge in [0.25, 0.3) is 0 Å². The van der Waals surface area contributed by atoms with Crippen LogP contribution in [0.15, 0.2) is 24.3 Å². The summed E-state index contributed by atoms with van der Waals surface area (Å²) in [5.74, 6) is -0.222. The molecule has 0 aliphatic carbocycles. The first-order chi connectivity index (χ1) is 15.3. The molecule has 0 saturated carbocycles. The monoisotopic (exact) mass is 456 g/mol.